The molecule has 0 radical (unpaired) electrons. The van der Waals surface area contributed by atoms with Crippen LogP contribution in [0.15, 0.2) is 34.9 Å². The molecule has 3 nitrogen and oxygen atoms in total. The van der Waals surface area contributed by atoms with Gasteiger partial charge in [-0.2, -0.15) is 0 Å². The number of hydrogen-bond acceptors (Lipinski definition) is 3. The van der Waals surface area contributed by atoms with Crippen molar-refractivity contribution in [2.75, 3.05) is 26.7 Å². The number of halogens is 3. The normalized spacial score (nSPS) is 15.8. The van der Waals surface area contributed by atoms with E-state index in [1.807, 2.05) is 19.3 Å². The second-order valence-electron chi connectivity index (χ2n) is 6.25. The highest BCUT2D eigenvalue weighted by atomic mass is 79.9. The van der Waals surface area contributed by atoms with E-state index in [1.54, 1.807) is 0 Å². The Morgan fingerprint density at radius 1 is 1.25 bits per heavy atom. The smallest absolute Gasteiger partial charge is 0.0747 e. The summed E-state index contributed by atoms with van der Waals surface area (Å²) in [4.78, 5) is 7.16. The molecule has 134 valence electrons. The highest BCUT2D eigenvalue weighted by Gasteiger charge is 2.19. The number of nitrogens with zero attached hydrogens (tertiary/aromatic N) is 2. The molecule has 2 heterocycles. The van der Waals surface area contributed by atoms with Crippen LogP contribution in [0, 0.1) is 5.92 Å². The Morgan fingerprint density at radius 3 is 2.71 bits per heavy atom. The first kappa shape index (κ1) is 21.7. The summed E-state index contributed by atoms with van der Waals surface area (Å²) < 4.78 is 1.15. The minimum atomic E-state index is 0. The lowest BCUT2D eigenvalue weighted by atomic mass is 9.93. The first-order valence-corrected chi connectivity index (χ1v) is 8.95. The Balaban J connectivity index is 0.00000144. The van der Waals surface area contributed by atoms with Crippen molar-refractivity contribution in [2.24, 2.45) is 5.92 Å². The molecule has 2 aromatic rings. The third kappa shape index (κ3) is 5.57. The van der Waals surface area contributed by atoms with Crippen LogP contribution in [0.25, 0.3) is 10.9 Å². The largest absolute Gasteiger partial charge is 0.320 e. The van der Waals surface area contributed by atoms with Crippen LogP contribution < -0.4 is 5.32 Å². The highest BCUT2D eigenvalue weighted by Crippen LogP contribution is 2.26. The zero-order valence-electron chi connectivity index (χ0n) is 14.0. The lowest BCUT2D eigenvalue weighted by Gasteiger charge is -2.32. The fraction of sp³-hybridized carbons (Fsp3) is 0.500. The molecular weight excluding hydrogens is 409 g/mol. The Hall–Kier alpha value is -0.390. The number of fused-ring (bicyclic) bond motifs is 1. The van der Waals surface area contributed by atoms with Gasteiger partial charge in [-0.15, -0.1) is 24.8 Å². The molecule has 24 heavy (non-hydrogen) atoms. The predicted molar refractivity (Wildman–Crippen MR) is 110 cm³/mol. The van der Waals surface area contributed by atoms with Crippen LogP contribution in [0.4, 0.5) is 0 Å². The van der Waals surface area contributed by atoms with E-state index in [0.29, 0.717) is 0 Å². The van der Waals surface area contributed by atoms with E-state index in [4.69, 9.17) is 0 Å². The Labute approximate surface area is 165 Å². The number of nitrogens with one attached hydrogen (secondary N) is 1. The van der Waals surface area contributed by atoms with Crippen molar-refractivity contribution >= 4 is 51.6 Å². The molecule has 1 aromatic carbocycles. The Morgan fingerprint density at radius 2 is 2.00 bits per heavy atom. The van der Waals surface area contributed by atoms with Gasteiger partial charge in [0.2, 0.25) is 0 Å². The maximum atomic E-state index is 4.59. The molecule has 0 unspecified atom stereocenters. The predicted octanol–water partition coefficient (Wildman–Crippen LogP) is 4.66. The summed E-state index contributed by atoms with van der Waals surface area (Å²) >= 11 is 3.63. The van der Waals surface area contributed by atoms with Crippen LogP contribution in [0.3, 0.4) is 0 Å². The fourth-order valence-electron chi connectivity index (χ4n) is 3.37. The van der Waals surface area contributed by atoms with Crippen LogP contribution in [0.5, 0.6) is 0 Å². The van der Waals surface area contributed by atoms with Gasteiger partial charge < -0.3 is 5.32 Å². The van der Waals surface area contributed by atoms with Gasteiger partial charge in [0, 0.05) is 22.6 Å². The van der Waals surface area contributed by atoms with Crippen molar-refractivity contribution in [1.82, 2.24) is 15.2 Å². The first-order chi connectivity index (χ1) is 10.8. The molecule has 3 rings (SSSR count). The second kappa shape index (κ2) is 10.6. The molecule has 0 amide bonds. The maximum Gasteiger partial charge on any atom is 0.0747 e. The average Bonchev–Trinajstić information content (AvgIpc) is 2.54. The molecule has 1 N–H and O–H groups in total. The van der Waals surface area contributed by atoms with Crippen molar-refractivity contribution in [3.8, 4) is 0 Å². The third-order valence-electron chi connectivity index (χ3n) is 4.65. The average molecular weight is 435 g/mol. The maximum absolute atomic E-state index is 4.59. The number of rotatable bonds is 5. The highest BCUT2D eigenvalue weighted by molar-refractivity contribution is 9.10. The van der Waals surface area contributed by atoms with Gasteiger partial charge in [-0.1, -0.05) is 22.0 Å². The van der Waals surface area contributed by atoms with Crippen LogP contribution in [-0.2, 0) is 6.54 Å². The fourth-order valence-corrected chi connectivity index (χ4v) is 3.89. The number of pyridine rings is 1. The quantitative estimate of drug-likeness (QED) is 0.741. The van der Waals surface area contributed by atoms with E-state index >= 15 is 0 Å². The summed E-state index contributed by atoms with van der Waals surface area (Å²) in [7, 11) is 2.04. The van der Waals surface area contributed by atoms with Crippen LogP contribution in [0.2, 0.25) is 0 Å². The van der Waals surface area contributed by atoms with E-state index in [9.17, 15) is 0 Å². The van der Waals surface area contributed by atoms with E-state index in [2.05, 4.69) is 49.3 Å². The molecule has 6 heteroatoms. The van der Waals surface area contributed by atoms with E-state index in [0.717, 1.165) is 29.0 Å². The van der Waals surface area contributed by atoms with Gasteiger partial charge >= 0.3 is 0 Å². The summed E-state index contributed by atoms with van der Waals surface area (Å²) in [6, 6.07) is 8.52. The first-order valence-electron chi connectivity index (χ1n) is 8.16. The van der Waals surface area contributed by atoms with Crippen molar-refractivity contribution < 1.29 is 0 Å². The summed E-state index contributed by atoms with van der Waals surface area (Å²) in [5.74, 6) is 0.890. The van der Waals surface area contributed by atoms with Crippen LogP contribution >= 0.6 is 40.7 Å². The molecule has 1 fully saturated rings. The Bertz CT molecular complexity index is 631. The number of piperidine rings is 1. The summed E-state index contributed by atoms with van der Waals surface area (Å²) in [6.07, 6.45) is 5.84. The van der Waals surface area contributed by atoms with Crippen LogP contribution in [-0.4, -0.2) is 36.6 Å². The zero-order valence-corrected chi connectivity index (χ0v) is 17.2. The molecular formula is C18H26BrCl2N3. The van der Waals surface area contributed by atoms with E-state index in [1.165, 1.54) is 43.3 Å². The molecule has 1 aromatic heterocycles. The summed E-state index contributed by atoms with van der Waals surface area (Å²) in [6.45, 7) is 4.56. The van der Waals surface area contributed by atoms with Gasteiger partial charge in [-0.3, -0.25) is 9.88 Å². The van der Waals surface area contributed by atoms with E-state index < -0.39 is 0 Å². The van der Waals surface area contributed by atoms with Crippen molar-refractivity contribution in [3.63, 3.8) is 0 Å². The standard InChI is InChI=1S/C18H24BrN3.2ClH/c1-20-8-4-14-5-9-22(10-6-14)13-16-12-17(19)11-15-3-2-7-21-18(15)16;;/h2-3,7,11-12,14,20H,4-6,8-10,13H2,1H3;2*1H. The molecule has 1 saturated heterocycles. The minimum absolute atomic E-state index is 0. The number of hydrogen-bond donors (Lipinski definition) is 1. The second-order valence-corrected chi connectivity index (χ2v) is 7.17. The van der Waals surface area contributed by atoms with Gasteiger partial charge in [0.15, 0.2) is 0 Å². The molecule has 0 spiro atoms. The molecule has 0 atom stereocenters. The van der Waals surface area contributed by atoms with Crippen molar-refractivity contribution in [2.45, 2.75) is 25.8 Å². The lowest BCUT2D eigenvalue weighted by molar-refractivity contribution is 0.173. The lowest BCUT2D eigenvalue weighted by Crippen LogP contribution is -2.34. The van der Waals surface area contributed by atoms with Gasteiger partial charge in [-0.05, 0) is 75.6 Å². The molecule has 1 aliphatic heterocycles. The number of likely N-dealkylation sites (tertiary alicyclic amines) is 1. The van der Waals surface area contributed by atoms with Crippen molar-refractivity contribution in [3.05, 3.63) is 40.5 Å². The van der Waals surface area contributed by atoms with Gasteiger partial charge in [-0.25, -0.2) is 0 Å². The number of aromatic nitrogens is 1. The SMILES string of the molecule is CNCCC1CCN(Cc2cc(Br)cc3cccnc23)CC1.Cl.Cl. The third-order valence-corrected chi connectivity index (χ3v) is 5.11. The zero-order chi connectivity index (χ0) is 15.4. The van der Waals surface area contributed by atoms with Gasteiger partial charge in [0.25, 0.3) is 0 Å². The summed E-state index contributed by atoms with van der Waals surface area (Å²) in [5.41, 5.74) is 2.47. The molecule has 0 aliphatic carbocycles. The minimum Gasteiger partial charge on any atom is -0.320 e. The Kier molecular flexibility index (Phi) is 9.53. The summed E-state index contributed by atoms with van der Waals surface area (Å²) in [5, 5.41) is 4.48. The van der Waals surface area contributed by atoms with Gasteiger partial charge in [0.05, 0.1) is 5.52 Å². The van der Waals surface area contributed by atoms with Gasteiger partial charge in [0.1, 0.15) is 0 Å². The van der Waals surface area contributed by atoms with Crippen LogP contribution in [0.1, 0.15) is 24.8 Å². The topological polar surface area (TPSA) is 28.2 Å². The monoisotopic (exact) mass is 433 g/mol. The van der Waals surface area contributed by atoms with E-state index in [-0.39, 0.29) is 24.8 Å². The number of benzene rings is 1. The molecule has 0 saturated carbocycles. The molecule has 0 bridgehead atoms. The molecule has 1 aliphatic rings. The van der Waals surface area contributed by atoms with Crippen molar-refractivity contribution in [1.29, 1.82) is 0 Å².